The standard InChI is InChI=1S/C15H17NO6/c1-2-14(19)10-7-11-15(21-5-6-22-15)3-4-16(11)12(17)9(10)8-20-13(14)18/h7,19H,2-6,8H2,1H3/t14-/m0/s1. The van der Waals surface area contributed by atoms with Crippen molar-refractivity contribution in [1.29, 1.82) is 0 Å². The maximum atomic E-state index is 12.7. The topological polar surface area (TPSA) is 87.0 Å². The summed E-state index contributed by atoms with van der Waals surface area (Å²) in [5.41, 5.74) is -0.797. The minimum Gasteiger partial charge on any atom is -0.458 e. The molecule has 0 bridgehead atoms. The highest BCUT2D eigenvalue weighted by molar-refractivity contribution is 5.83. The molecule has 7 nitrogen and oxygen atoms in total. The summed E-state index contributed by atoms with van der Waals surface area (Å²) in [6.07, 6.45) is 0.681. The van der Waals surface area contributed by atoms with E-state index in [4.69, 9.17) is 14.2 Å². The molecule has 1 aromatic rings. The zero-order valence-corrected chi connectivity index (χ0v) is 12.3. The number of fused-ring (bicyclic) bond motifs is 3. The Balaban J connectivity index is 1.98. The van der Waals surface area contributed by atoms with Crippen molar-refractivity contribution < 1.29 is 24.1 Å². The predicted molar refractivity (Wildman–Crippen MR) is 72.9 cm³/mol. The van der Waals surface area contributed by atoms with Gasteiger partial charge in [0.15, 0.2) is 5.60 Å². The third-order valence-corrected chi connectivity index (χ3v) is 4.85. The average molecular weight is 307 g/mol. The molecule has 1 saturated heterocycles. The van der Waals surface area contributed by atoms with Gasteiger partial charge in [-0.15, -0.1) is 0 Å². The van der Waals surface area contributed by atoms with Gasteiger partial charge in [-0.3, -0.25) is 4.79 Å². The van der Waals surface area contributed by atoms with Crippen LogP contribution in [0.15, 0.2) is 10.9 Å². The second-order valence-electron chi connectivity index (χ2n) is 5.87. The summed E-state index contributed by atoms with van der Waals surface area (Å²) in [6.45, 7) is 2.99. The normalized spacial score (nSPS) is 28.5. The summed E-state index contributed by atoms with van der Waals surface area (Å²) >= 11 is 0. The number of aliphatic hydroxyl groups is 1. The monoisotopic (exact) mass is 307 g/mol. The molecule has 0 unspecified atom stereocenters. The smallest absolute Gasteiger partial charge is 0.343 e. The SMILES string of the molecule is CC[C@@]1(O)C(=O)OCc2c1cc1n(c2=O)CCC12OCCO2. The van der Waals surface area contributed by atoms with Crippen molar-refractivity contribution >= 4 is 5.97 Å². The Labute approximate surface area is 126 Å². The van der Waals surface area contributed by atoms with Crippen LogP contribution in [0.2, 0.25) is 0 Å². The van der Waals surface area contributed by atoms with Crippen LogP contribution in [-0.4, -0.2) is 28.9 Å². The molecule has 4 heterocycles. The van der Waals surface area contributed by atoms with Crippen LogP contribution in [0.1, 0.15) is 36.6 Å². The Kier molecular flexibility index (Phi) is 2.79. The third kappa shape index (κ3) is 1.56. The van der Waals surface area contributed by atoms with Crippen LogP contribution in [0.4, 0.5) is 0 Å². The van der Waals surface area contributed by atoms with Crippen molar-refractivity contribution in [3.8, 4) is 0 Å². The molecule has 22 heavy (non-hydrogen) atoms. The number of cyclic esters (lactones) is 1. The summed E-state index contributed by atoms with van der Waals surface area (Å²) in [5, 5.41) is 10.7. The fourth-order valence-corrected chi connectivity index (χ4v) is 3.57. The van der Waals surface area contributed by atoms with Crippen molar-refractivity contribution in [2.24, 2.45) is 0 Å². The van der Waals surface area contributed by atoms with E-state index < -0.39 is 17.4 Å². The molecule has 1 spiro atoms. The second-order valence-corrected chi connectivity index (χ2v) is 5.87. The van der Waals surface area contributed by atoms with Gasteiger partial charge in [0, 0.05) is 18.5 Å². The van der Waals surface area contributed by atoms with Crippen molar-refractivity contribution in [1.82, 2.24) is 4.57 Å². The molecule has 1 fully saturated rings. The second kappa shape index (κ2) is 4.41. The van der Waals surface area contributed by atoms with Crippen molar-refractivity contribution in [2.75, 3.05) is 13.2 Å². The molecule has 3 aliphatic heterocycles. The molecule has 4 rings (SSSR count). The average Bonchev–Trinajstić information content (AvgIpc) is 3.13. The summed E-state index contributed by atoms with van der Waals surface area (Å²) in [6, 6.07) is 1.68. The van der Waals surface area contributed by atoms with Gasteiger partial charge in [-0.2, -0.15) is 0 Å². The van der Waals surface area contributed by atoms with E-state index in [1.807, 2.05) is 0 Å². The molecule has 0 saturated carbocycles. The number of ether oxygens (including phenoxy) is 3. The minimum absolute atomic E-state index is 0.107. The fraction of sp³-hybridized carbons (Fsp3) is 0.600. The largest absolute Gasteiger partial charge is 0.458 e. The van der Waals surface area contributed by atoms with Gasteiger partial charge in [-0.25, -0.2) is 4.79 Å². The minimum atomic E-state index is -1.79. The van der Waals surface area contributed by atoms with Gasteiger partial charge in [0.1, 0.15) is 6.61 Å². The quantitative estimate of drug-likeness (QED) is 0.741. The highest BCUT2D eigenvalue weighted by Gasteiger charge is 2.50. The van der Waals surface area contributed by atoms with Crippen molar-refractivity contribution in [3.05, 3.63) is 33.2 Å². The number of hydrogen-bond acceptors (Lipinski definition) is 6. The first kappa shape index (κ1) is 13.9. The molecule has 3 aliphatic rings. The molecule has 7 heteroatoms. The van der Waals surface area contributed by atoms with Crippen molar-refractivity contribution in [2.45, 2.75) is 44.3 Å². The van der Waals surface area contributed by atoms with Gasteiger partial charge in [0.25, 0.3) is 5.56 Å². The lowest BCUT2D eigenvalue weighted by molar-refractivity contribution is -0.173. The first-order valence-corrected chi connectivity index (χ1v) is 7.47. The van der Waals surface area contributed by atoms with Gasteiger partial charge in [0.05, 0.1) is 24.5 Å². The van der Waals surface area contributed by atoms with Crippen LogP contribution in [0.5, 0.6) is 0 Å². The van der Waals surface area contributed by atoms with E-state index in [1.165, 1.54) is 0 Å². The highest BCUT2D eigenvalue weighted by atomic mass is 16.7. The molecule has 1 aromatic heterocycles. The molecule has 0 aliphatic carbocycles. The number of carbonyl (C=O) groups excluding carboxylic acids is 1. The van der Waals surface area contributed by atoms with E-state index in [0.717, 1.165) is 0 Å². The molecule has 118 valence electrons. The zero-order valence-electron chi connectivity index (χ0n) is 12.3. The molecule has 0 amide bonds. The third-order valence-electron chi connectivity index (χ3n) is 4.85. The van der Waals surface area contributed by atoms with Crippen LogP contribution >= 0.6 is 0 Å². The Bertz CT molecular complexity index is 717. The first-order chi connectivity index (χ1) is 10.5. The van der Waals surface area contributed by atoms with Gasteiger partial charge in [0.2, 0.25) is 5.79 Å². The number of hydrogen-bond donors (Lipinski definition) is 1. The number of nitrogens with zero attached hydrogens (tertiary/aromatic N) is 1. The number of aromatic nitrogens is 1. The number of carbonyl (C=O) groups is 1. The van der Waals surface area contributed by atoms with E-state index in [2.05, 4.69) is 0 Å². The van der Waals surface area contributed by atoms with Crippen LogP contribution in [0, 0.1) is 0 Å². The number of esters is 1. The van der Waals surface area contributed by atoms with E-state index >= 15 is 0 Å². The summed E-state index contributed by atoms with van der Waals surface area (Å²) in [7, 11) is 0. The molecular formula is C15H17NO6. The van der Waals surface area contributed by atoms with Crippen LogP contribution in [0.25, 0.3) is 0 Å². The van der Waals surface area contributed by atoms with Gasteiger partial charge >= 0.3 is 5.97 Å². The summed E-state index contributed by atoms with van der Waals surface area (Å²) < 4.78 is 18.0. The first-order valence-electron chi connectivity index (χ1n) is 7.47. The van der Waals surface area contributed by atoms with Gasteiger partial charge in [-0.1, -0.05) is 6.92 Å². The van der Waals surface area contributed by atoms with Gasteiger partial charge < -0.3 is 23.9 Å². The molecule has 1 atom stereocenters. The maximum Gasteiger partial charge on any atom is 0.343 e. The Morgan fingerprint density at radius 2 is 2.05 bits per heavy atom. The highest BCUT2D eigenvalue weighted by Crippen LogP contribution is 2.42. The summed E-state index contributed by atoms with van der Waals surface area (Å²) in [5.74, 6) is -1.64. The maximum absolute atomic E-state index is 12.7. The lowest BCUT2D eigenvalue weighted by Gasteiger charge is -2.32. The molecule has 0 radical (unpaired) electrons. The number of rotatable bonds is 1. The molecule has 0 aromatic carbocycles. The summed E-state index contributed by atoms with van der Waals surface area (Å²) in [4.78, 5) is 24.7. The van der Waals surface area contributed by atoms with E-state index in [-0.39, 0.29) is 18.6 Å². The lowest BCUT2D eigenvalue weighted by Crippen LogP contribution is -2.45. The Hall–Kier alpha value is -1.70. The van der Waals surface area contributed by atoms with E-state index in [9.17, 15) is 14.7 Å². The van der Waals surface area contributed by atoms with Crippen molar-refractivity contribution in [3.63, 3.8) is 0 Å². The Morgan fingerprint density at radius 1 is 1.32 bits per heavy atom. The van der Waals surface area contributed by atoms with E-state index in [1.54, 1.807) is 17.6 Å². The van der Waals surface area contributed by atoms with E-state index in [0.29, 0.717) is 43.0 Å². The predicted octanol–water partition coefficient (Wildman–Crippen LogP) is 0.106. The van der Waals surface area contributed by atoms with Crippen LogP contribution < -0.4 is 5.56 Å². The van der Waals surface area contributed by atoms with Gasteiger partial charge in [-0.05, 0) is 12.5 Å². The molecular weight excluding hydrogens is 290 g/mol. The molecule has 1 N–H and O–H groups in total. The Morgan fingerprint density at radius 3 is 2.73 bits per heavy atom. The van der Waals surface area contributed by atoms with Crippen LogP contribution in [-0.2, 0) is 43.5 Å². The van der Waals surface area contributed by atoms with Crippen LogP contribution in [0.3, 0.4) is 0 Å². The zero-order chi connectivity index (χ0) is 15.5. The lowest BCUT2D eigenvalue weighted by atomic mass is 9.85. The fourth-order valence-electron chi connectivity index (χ4n) is 3.57. The number of pyridine rings is 1.